The van der Waals surface area contributed by atoms with Crippen LogP contribution in [0.1, 0.15) is 31.9 Å². The summed E-state index contributed by atoms with van der Waals surface area (Å²) < 4.78 is 14.4. The molecule has 0 spiro atoms. The first-order chi connectivity index (χ1) is 10.7. The number of halogens is 3. The summed E-state index contributed by atoms with van der Waals surface area (Å²) in [5, 5.41) is 11.3. The lowest BCUT2D eigenvalue weighted by Gasteiger charge is -2.20. The van der Waals surface area contributed by atoms with E-state index in [2.05, 4.69) is 9.98 Å². The maximum atomic E-state index is 14.4. The third-order valence-electron chi connectivity index (χ3n) is 3.49. The summed E-state index contributed by atoms with van der Waals surface area (Å²) in [6, 6.07) is 3.00. The Balaban J connectivity index is 2.81. The van der Waals surface area contributed by atoms with Crippen molar-refractivity contribution in [3.05, 3.63) is 51.4 Å². The molecule has 1 N–H and O–H groups in total. The second kappa shape index (κ2) is 6.56. The Morgan fingerprint density at radius 2 is 2.04 bits per heavy atom. The van der Waals surface area contributed by atoms with E-state index in [1.165, 1.54) is 12.3 Å². The fourth-order valence-corrected chi connectivity index (χ4v) is 2.92. The molecule has 0 aliphatic heterocycles. The van der Waals surface area contributed by atoms with Gasteiger partial charge in [-0.2, -0.15) is 0 Å². The van der Waals surface area contributed by atoms with E-state index in [0.29, 0.717) is 27.3 Å². The predicted molar refractivity (Wildman–Crippen MR) is 94.0 cm³/mol. The molecule has 0 fully saturated rings. The number of aliphatic imine (C=N–C) groups is 1. The van der Waals surface area contributed by atoms with Crippen LogP contribution in [0.15, 0.2) is 34.4 Å². The molecule has 0 aliphatic rings. The maximum absolute atomic E-state index is 14.4. The second-order valence-corrected chi connectivity index (χ2v) is 6.39. The van der Waals surface area contributed by atoms with Crippen LogP contribution in [0.2, 0.25) is 5.02 Å². The van der Waals surface area contributed by atoms with Crippen molar-refractivity contribution in [2.24, 2.45) is 4.99 Å². The Bertz CT molecular complexity index is 823. The molecule has 23 heavy (non-hydrogen) atoms. The Morgan fingerprint density at radius 1 is 1.39 bits per heavy atom. The van der Waals surface area contributed by atoms with Gasteiger partial charge in [0.2, 0.25) is 0 Å². The highest BCUT2D eigenvalue weighted by atomic mass is 35.5. The number of fused-ring (bicyclic) bond motifs is 1. The van der Waals surface area contributed by atoms with Gasteiger partial charge in [0, 0.05) is 29.8 Å². The fourth-order valence-electron chi connectivity index (χ4n) is 2.30. The first kappa shape index (κ1) is 17.9. The zero-order valence-electron chi connectivity index (χ0n) is 13.3. The maximum Gasteiger partial charge on any atom is 0.150 e. The van der Waals surface area contributed by atoms with Gasteiger partial charge >= 0.3 is 0 Å². The largest absolute Gasteiger partial charge is 0.386 e. The normalized spacial score (nSPS) is 13.7. The molecule has 1 aromatic carbocycles. The van der Waals surface area contributed by atoms with Gasteiger partial charge in [-0.05, 0) is 32.9 Å². The van der Waals surface area contributed by atoms with E-state index in [4.69, 9.17) is 23.2 Å². The third kappa shape index (κ3) is 3.39. The van der Waals surface area contributed by atoms with Gasteiger partial charge in [0.1, 0.15) is 11.3 Å². The Morgan fingerprint density at radius 3 is 2.57 bits per heavy atom. The molecule has 0 aliphatic carbocycles. The molecule has 3 nitrogen and oxygen atoms in total. The number of aliphatic hydroxyl groups is 1. The quantitative estimate of drug-likeness (QED) is 0.803. The SMILES string of the molecule is C/C=C(/Cl)C(=NC)c1cc(F)c2ncc(C(C)(C)O)c(Cl)c2c1. The summed E-state index contributed by atoms with van der Waals surface area (Å²) >= 11 is 12.5. The van der Waals surface area contributed by atoms with E-state index >= 15 is 0 Å². The van der Waals surface area contributed by atoms with Crippen molar-refractivity contribution in [1.29, 1.82) is 0 Å². The highest BCUT2D eigenvalue weighted by Gasteiger charge is 2.23. The van der Waals surface area contributed by atoms with Crippen LogP contribution < -0.4 is 0 Å². The second-order valence-electron chi connectivity index (χ2n) is 5.61. The van der Waals surface area contributed by atoms with Gasteiger partial charge in [-0.3, -0.25) is 9.98 Å². The van der Waals surface area contributed by atoms with E-state index in [-0.39, 0.29) is 10.5 Å². The van der Waals surface area contributed by atoms with Crippen molar-refractivity contribution in [3.63, 3.8) is 0 Å². The molecule has 2 aromatic rings. The Hall–Kier alpha value is -1.49. The minimum atomic E-state index is -1.19. The minimum absolute atomic E-state index is 0.138. The molecule has 0 amide bonds. The first-order valence-corrected chi connectivity index (χ1v) is 7.76. The summed E-state index contributed by atoms with van der Waals surface area (Å²) in [4.78, 5) is 8.21. The molecular weight excluding hydrogens is 338 g/mol. The average molecular weight is 355 g/mol. The fraction of sp³-hybridized carbons (Fsp3) is 0.294. The smallest absolute Gasteiger partial charge is 0.150 e. The minimum Gasteiger partial charge on any atom is -0.386 e. The molecule has 1 aromatic heterocycles. The van der Waals surface area contributed by atoms with Crippen LogP contribution in [0.5, 0.6) is 0 Å². The van der Waals surface area contributed by atoms with Gasteiger partial charge in [-0.1, -0.05) is 29.3 Å². The van der Waals surface area contributed by atoms with Crippen molar-refractivity contribution in [3.8, 4) is 0 Å². The summed E-state index contributed by atoms with van der Waals surface area (Å²) in [6.07, 6.45) is 3.07. The lowest BCUT2D eigenvalue weighted by atomic mass is 9.97. The number of pyridine rings is 1. The Labute approximate surface area is 144 Å². The van der Waals surface area contributed by atoms with Gasteiger partial charge < -0.3 is 5.11 Å². The predicted octanol–water partition coefficient (Wildman–Crippen LogP) is 4.82. The van der Waals surface area contributed by atoms with Gasteiger partial charge in [0.25, 0.3) is 0 Å². The molecular formula is C17H17Cl2FN2O. The zero-order valence-corrected chi connectivity index (χ0v) is 14.8. The van der Waals surface area contributed by atoms with Gasteiger partial charge in [0.05, 0.1) is 21.4 Å². The van der Waals surface area contributed by atoms with Crippen LogP contribution in [0.4, 0.5) is 4.39 Å². The molecule has 1 heterocycles. The highest BCUT2D eigenvalue weighted by Crippen LogP contribution is 2.34. The topological polar surface area (TPSA) is 45.5 Å². The highest BCUT2D eigenvalue weighted by molar-refractivity contribution is 6.46. The van der Waals surface area contributed by atoms with E-state index in [0.717, 1.165) is 0 Å². The number of benzene rings is 1. The van der Waals surface area contributed by atoms with Gasteiger partial charge in [0.15, 0.2) is 0 Å². The molecule has 0 saturated heterocycles. The zero-order chi connectivity index (χ0) is 17.4. The van der Waals surface area contributed by atoms with Crippen molar-refractivity contribution < 1.29 is 9.50 Å². The van der Waals surface area contributed by atoms with Crippen molar-refractivity contribution in [2.45, 2.75) is 26.4 Å². The van der Waals surface area contributed by atoms with Gasteiger partial charge in [-0.25, -0.2) is 4.39 Å². The molecule has 6 heteroatoms. The lowest BCUT2D eigenvalue weighted by Crippen LogP contribution is -2.16. The van der Waals surface area contributed by atoms with E-state index in [1.807, 2.05) is 0 Å². The van der Waals surface area contributed by atoms with Crippen LogP contribution in [0.3, 0.4) is 0 Å². The standard InChI is InChI=1S/C17H17Cl2FN2O/c1-5-12(18)15(21-4)9-6-10-14(19)11(17(2,3)23)8-22-16(10)13(20)7-9/h5-8,23H,1-4H3/b12-5+,21-15?. The number of nitrogens with zero attached hydrogens (tertiary/aromatic N) is 2. The number of hydrogen-bond donors (Lipinski definition) is 1. The molecule has 122 valence electrons. The van der Waals surface area contributed by atoms with Crippen molar-refractivity contribution in [1.82, 2.24) is 4.98 Å². The van der Waals surface area contributed by atoms with E-state index in [1.54, 1.807) is 40.0 Å². The van der Waals surface area contributed by atoms with Crippen molar-refractivity contribution in [2.75, 3.05) is 7.05 Å². The summed E-state index contributed by atoms with van der Waals surface area (Å²) in [5.41, 5.74) is 0.332. The van der Waals surface area contributed by atoms with Crippen LogP contribution in [-0.4, -0.2) is 22.8 Å². The summed E-state index contributed by atoms with van der Waals surface area (Å²) in [7, 11) is 1.58. The molecule has 0 bridgehead atoms. The molecule has 0 radical (unpaired) electrons. The first-order valence-electron chi connectivity index (χ1n) is 7.00. The Kier molecular flexibility index (Phi) is 5.09. The number of allylic oxidation sites excluding steroid dienone is 2. The molecule has 0 saturated carbocycles. The van der Waals surface area contributed by atoms with Crippen LogP contribution >= 0.6 is 23.2 Å². The van der Waals surface area contributed by atoms with E-state index < -0.39 is 11.4 Å². The van der Waals surface area contributed by atoms with Crippen LogP contribution in [-0.2, 0) is 5.60 Å². The average Bonchev–Trinajstić information content (AvgIpc) is 2.47. The summed E-state index contributed by atoms with van der Waals surface area (Å²) in [5.74, 6) is -0.525. The number of aromatic nitrogens is 1. The lowest BCUT2D eigenvalue weighted by molar-refractivity contribution is 0.0785. The monoisotopic (exact) mass is 354 g/mol. The molecule has 0 unspecified atom stereocenters. The van der Waals surface area contributed by atoms with Crippen LogP contribution in [0, 0.1) is 5.82 Å². The third-order valence-corrected chi connectivity index (χ3v) is 4.30. The van der Waals surface area contributed by atoms with Crippen LogP contribution in [0.25, 0.3) is 10.9 Å². The number of hydrogen-bond acceptors (Lipinski definition) is 3. The molecule has 2 rings (SSSR count). The van der Waals surface area contributed by atoms with E-state index in [9.17, 15) is 9.50 Å². The summed E-state index contributed by atoms with van der Waals surface area (Å²) in [6.45, 7) is 4.96. The van der Waals surface area contributed by atoms with Gasteiger partial charge in [-0.15, -0.1) is 0 Å². The molecule has 0 atom stereocenters. The number of rotatable bonds is 3. The van der Waals surface area contributed by atoms with Crippen molar-refractivity contribution >= 4 is 39.8 Å².